The summed E-state index contributed by atoms with van der Waals surface area (Å²) >= 11 is -2.39. The molecule has 10 rings (SSSR count). The van der Waals surface area contributed by atoms with Crippen LogP contribution in [0.2, 0.25) is 13.1 Å². The number of fused-ring (bicyclic) bond motifs is 4. The fourth-order valence-corrected chi connectivity index (χ4v) is 33.9. The predicted octanol–water partition coefficient (Wildman–Crippen LogP) is 17.2. The molecule has 0 fully saturated rings. The molecule has 0 heterocycles. The Labute approximate surface area is 378 Å². The quantitative estimate of drug-likeness (QED) is 0.101. The summed E-state index contributed by atoms with van der Waals surface area (Å²) in [7, 11) is 0. The van der Waals surface area contributed by atoms with Gasteiger partial charge in [0.2, 0.25) is 0 Å². The Kier molecular flexibility index (Phi) is 11.8. The minimum atomic E-state index is -2.39. The van der Waals surface area contributed by atoms with E-state index in [1.54, 1.807) is 22.3 Å². The Morgan fingerprint density at radius 2 is 0.726 bits per heavy atom. The summed E-state index contributed by atoms with van der Waals surface area (Å²) in [6.45, 7) is 10.2. The summed E-state index contributed by atoms with van der Waals surface area (Å²) in [5.74, 6) is -1.09. The normalized spacial score (nSPS) is 15.5. The molecular weight excluding hydrogens is 840 g/mol. The van der Waals surface area contributed by atoms with Crippen LogP contribution in [0.4, 0.5) is 0 Å². The van der Waals surface area contributed by atoms with E-state index in [9.17, 15) is 0 Å². The second kappa shape index (κ2) is 17.9. The summed E-state index contributed by atoms with van der Waals surface area (Å²) in [5, 5.41) is 5.22. The zero-order valence-corrected chi connectivity index (χ0v) is 40.4. The summed E-state index contributed by atoms with van der Waals surface area (Å²) in [4.78, 5) is 0. The van der Waals surface area contributed by atoms with E-state index < -0.39 is 26.8 Å². The Morgan fingerprint density at radius 3 is 1.15 bits per heavy atom. The van der Waals surface area contributed by atoms with Crippen molar-refractivity contribution in [3.8, 4) is 44.5 Å². The average molecular weight is 897 g/mol. The van der Waals surface area contributed by atoms with Crippen molar-refractivity contribution < 1.29 is 20.9 Å². The fraction of sp³-hybridized carbons (Fsp3) is 0.200. The van der Waals surface area contributed by atoms with Gasteiger partial charge in [0.1, 0.15) is 0 Å². The van der Waals surface area contributed by atoms with E-state index in [1.165, 1.54) is 116 Å². The molecule has 0 aliphatic heterocycles. The van der Waals surface area contributed by atoms with Gasteiger partial charge in [0.15, 0.2) is 0 Å². The summed E-state index contributed by atoms with van der Waals surface area (Å²) < 4.78 is 1.20. The Bertz CT molecular complexity index is 2790. The van der Waals surface area contributed by atoms with Gasteiger partial charge in [0.25, 0.3) is 0 Å². The molecule has 0 aromatic heterocycles. The van der Waals surface area contributed by atoms with E-state index >= 15 is 0 Å². The molecule has 305 valence electrons. The van der Waals surface area contributed by atoms with Crippen molar-refractivity contribution in [3.63, 3.8) is 0 Å². The first-order chi connectivity index (χ1) is 30.6. The van der Waals surface area contributed by atoms with Gasteiger partial charge in [-0.1, -0.05) is 0 Å². The molecule has 2 heteroatoms. The van der Waals surface area contributed by atoms with Crippen LogP contribution in [0, 0.1) is 0 Å². The monoisotopic (exact) mass is 895 g/mol. The van der Waals surface area contributed by atoms with E-state index in [0.717, 1.165) is 0 Å². The van der Waals surface area contributed by atoms with E-state index in [2.05, 4.69) is 209 Å². The van der Waals surface area contributed by atoms with E-state index in [0.29, 0.717) is 7.25 Å². The van der Waals surface area contributed by atoms with Crippen LogP contribution in [0.15, 0.2) is 181 Å². The van der Waals surface area contributed by atoms with Gasteiger partial charge in [0.05, 0.1) is 0 Å². The van der Waals surface area contributed by atoms with Crippen LogP contribution >= 0.6 is 0 Å². The van der Waals surface area contributed by atoms with Gasteiger partial charge in [-0.15, -0.1) is 0 Å². The number of hydrogen-bond acceptors (Lipinski definition) is 0. The molecule has 0 bridgehead atoms. The Balaban J connectivity index is 1.12. The van der Waals surface area contributed by atoms with Crippen LogP contribution in [-0.2, 0) is 20.9 Å². The minimum absolute atomic E-state index is 0.600. The van der Waals surface area contributed by atoms with Crippen molar-refractivity contribution in [2.45, 2.75) is 72.7 Å². The molecular formula is C60H57SiZr. The molecule has 2 aliphatic rings. The van der Waals surface area contributed by atoms with Gasteiger partial charge in [-0.3, -0.25) is 0 Å². The number of benzene rings is 8. The van der Waals surface area contributed by atoms with Gasteiger partial charge in [-0.05, 0) is 0 Å². The predicted molar refractivity (Wildman–Crippen MR) is 269 cm³/mol. The summed E-state index contributed by atoms with van der Waals surface area (Å²) in [6.07, 6.45) is 12.8. The zero-order valence-electron chi connectivity index (χ0n) is 36.8. The first-order valence-electron chi connectivity index (χ1n) is 23.2. The van der Waals surface area contributed by atoms with Crippen molar-refractivity contribution in [1.82, 2.24) is 0 Å². The summed E-state index contributed by atoms with van der Waals surface area (Å²) in [5.41, 5.74) is 20.5. The van der Waals surface area contributed by atoms with Gasteiger partial charge >= 0.3 is 381 Å². The SMILES string of the molecule is CCCCC1=Cc2c(-c3ccccc3-c3cccc4ccccc34)cccc2[CH]1[Zr]([CH]1C(CCCC)=Cc2c(-c3ccccc3-c3cccc4ccccc34)cccc21)[SiH](C)C. The van der Waals surface area contributed by atoms with E-state index in [-0.39, 0.29) is 0 Å². The van der Waals surface area contributed by atoms with Crippen molar-refractivity contribution in [2.24, 2.45) is 0 Å². The third-order valence-corrected chi connectivity index (χ3v) is 35.6. The van der Waals surface area contributed by atoms with Crippen LogP contribution in [0.3, 0.4) is 0 Å². The third kappa shape index (κ3) is 7.38. The first kappa shape index (κ1) is 40.9. The van der Waals surface area contributed by atoms with Gasteiger partial charge in [-0.25, -0.2) is 0 Å². The first-order valence-corrected chi connectivity index (χ1v) is 33.2. The maximum atomic E-state index is 2.74. The van der Waals surface area contributed by atoms with Crippen LogP contribution in [-0.4, -0.2) is 5.92 Å². The standard InChI is InChI=1S/2C29H25.C2H7Si.Zr/c2*1-2-3-10-21-19-23-13-9-18-28(29(23)20-21)27-16-7-6-15-26(27)25-17-8-12-22-11-4-5-14-24(22)25;1-3-2;/h2*4-9,11-20H,2-3,10H2,1H3;3H,1-2H3;. The van der Waals surface area contributed by atoms with Crippen LogP contribution in [0.1, 0.15) is 81.9 Å². The molecule has 2 atom stereocenters. The second-order valence-electron chi connectivity index (χ2n) is 17.9. The fourth-order valence-electron chi connectivity index (χ4n) is 11.0. The molecule has 0 spiro atoms. The number of rotatable bonds is 13. The molecule has 0 amide bonds. The molecule has 0 saturated heterocycles. The van der Waals surface area contributed by atoms with Crippen molar-refractivity contribution >= 4 is 39.6 Å². The van der Waals surface area contributed by atoms with Crippen molar-refractivity contribution in [1.29, 1.82) is 0 Å². The maximum absolute atomic E-state index is 2.74. The van der Waals surface area contributed by atoms with E-state index in [4.69, 9.17) is 0 Å². The number of allylic oxidation sites excluding steroid dienone is 2. The third-order valence-electron chi connectivity index (χ3n) is 13.9. The van der Waals surface area contributed by atoms with Gasteiger partial charge in [-0.2, -0.15) is 0 Å². The molecule has 8 aromatic carbocycles. The molecule has 62 heavy (non-hydrogen) atoms. The van der Waals surface area contributed by atoms with Gasteiger partial charge < -0.3 is 0 Å². The van der Waals surface area contributed by atoms with Crippen LogP contribution in [0.5, 0.6) is 0 Å². The molecule has 8 aromatic rings. The van der Waals surface area contributed by atoms with Crippen LogP contribution < -0.4 is 0 Å². The van der Waals surface area contributed by atoms with Crippen molar-refractivity contribution in [3.05, 3.63) is 203 Å². The van der Waals surface area contributed by atoms with E-state index in [1.807, 2.05) is 0 Å². The number of hydrogen-bond donors (Lipinski definition) is 0. The van der Waals surface area contributed by atoms with Gasteiger partial charge in [0, 0.05) is 0 Å². The molecule has 0 saturated carbocycles. The topological polar surface area (TPSA) is 0 Å². The molecule has 0 N–H and O–H groups in total. The number of unbranched alkanes of at least 4 members (excludes halogenated alkanes) is 2. The second-order valence-corrected chi connectivity index (χ2v) is 38.0. The molecule has 0 radical (unpaired) electrons. The Morgan fingerprint density at radius 1 is 0.387 bits per heavy atom. The van der Waals surface area contributed by atoms with Crippen LogP contribution in [0.25, 0.3) is 78.2 Å². The zero-order chi connectivity index (χ0) is 42.2. The molecule has 0 nitrogen and oxygen atoms in total. The summed E-state index contributed by atoms with van der Waals surface area (Å²) in [6, 6.07) is 64.5. The Hall–Kier alpha value is -5.14. The molecule has 2 aliphatic carbocycles. The van der Waals surface area contributed by atoms with Crippen molar-refractivity contribution in [2.75, 3.05) is 0 Å². The average Bonchev–Trinajstić information content (AvgIpc) is 3.88. The molecule has 2 unspecified atom stereocenters.